The van der Waals surface area contributed by atoms with Crippen LogP contribution in [0.5, 0.6) is 0 Å². The quantitative estimate of drug-likeness (QED) is 0.749. The van der Waals surface area contributed by atoms with Crippen molar-refractivity contribution in [2.45, 2.75) is 33.2 Å². The normalized spacial score (nSPS) is 11.5. The van der Waals surface area contributed by atoms with Gasteiger partial charge in [-0.3, -0.25) is 4.79 Å². The molecule has 1 aromatic heterocycles. The summed E-state index contributed by atoms with van der Waals surface area (Å²) in [7, 11) is 1.59. The number of hydrogen-bond acceptors (Lipinski definition) is 3. The third-order valence-corrected chi connectivity index (χ3v) is 1.97. The summed E-state index contributed by atoms with van der Waals surface area (Å²) in [6.45, 7) is 7.23. The van der Waals surface area contributed by atoms with Crippen LogP contribution in [0.1, 0.15) is 36.8 Å². The molecule has 1 amide bonds. The van der Waals surface area contributed by atoms with Crippen LogP contribution in [0.2, 0.25) is 0 Å². The highest BCUT2D eigenvalue weighted by Gasteiger charge is 2.23. The molecule has 0 aliphatic heterocycles. The van der Waals surface area contributed by atoms with Crippen LogP contribution >= 0.6 is 0 Å². The zero-order valence-corrected chi connectivity index (χ0v) is 9.67. The van der Waals surface area contributed by atoms with Gasteiger partial charge in [0.25, 0.3) is 5.91 Å². The molecule has 0 aliphatic rings. The standard InChI is InChI=1S/C10H16N2O3/c1-6-7(9(14)15-12(6)5)8(13)11-10(2,3)4/h1-5H3,(H,11,13). The highest BCUT2D eigenvalue weighted by atomic mass is 16.5. The third-order valence-electron chi connectivity index (χ3n) is 1.97. The molecular weight excluding hydrogens is 196 g/mol. The van der Waals surface area contributed by atoms with Crippen molar-refractivity contribution in [3.63, 3.8) is 0 Å². The number of aromatic nitrogens is 1. The summed E-state index contributed by atoms with van der Waals surface area (Å²) in [4.78, 5) is 23.1. The zero-order valence-electron chi connectivity index (χ0n) is 9.67. The second-order valence-corrected chi connectivity index (χ2v) is 4.54. The van der Waals surface area contributed by atoms with Gasteiger partial charge in [0.15, 0.2) is 0 Å². The van der Waals surface area contributed by atoms with E-state index in [4.69, 9.17) is 4.52 Å². The van der Waals surface area contributed by atoms with Gasteiger partial charge >= 0.3 is 5.63 Å². The zero-order chi connectivity index (χ0) is 11.8. The maximum Gasteiger partial charge on any atom is 0.370 e. The Morgan fingerprint density at radius 3 is 2.27 bits per heavy atom. The third kappa shape index (κ3) is 2.49. The molecule has 0 bridgehead atoms. The van der Waals surface area contributed by atoms with E-state index in [0.717, 1.165) is 0 Å². The van der Waals surface area contributed by atoms with Crippen LogP contribution in [-0.4, -0.2) is 16.2 Å². The summed E-state index contributed by atoms with van der Waals surface area (Å²) in [5.74, 6) is -0.394. The van der Waals surface area contributed by atoms with Gasteiger partial charge in [0.05, 0.1) is 5.69 Å². The number of hydrogen-bond donors (Lipinski definition) is 1. The Morgan fingerprint density at radius 2 is 1.93 bits per heavy atom. The summed E-state index contributed by atoms with van der Waals surface area (Å²) in [5.41, 5.74) is -0.364. The number of nitrogens with one attached hydrogen (secondary N) is 1. The summed E-state index contributed by atoms with van der Waals surface area (Å²) in [5, 5.41) is 2.72. The number of carbonyl (C=O) groups excluding carboxylic acids is 1. The van der Waals surface area contributed by atoms with Gasteiger partial charge < -0.3 is 9.84 Å². The lowest BCUT2D eigenvalue weighted by Gasteiger charge is -2.19. The number of nitrogens with zero attached hydrogens (tertiary/aromatic N) is 1. The molecule has 1 heterocycles. The molecule has 1 aromatic rings. The van der Waals surface area contributed by atoms with Crippen molar-refractivity contribution in [2.75, 3.05) is 0 Å². The number of carbonyl (C=O) groups is 1. The molecule has 0 unspecified atom stereocenters. The van der Waals surface area contributed by atoms with E-state index in [0.29, 0.717) is 5.69 Å². The molecular formula is C10H16N2O3. The molecule has 0 saturated heterocycles. The SMILES string of the molecule is Cc1c(C(=O)NC(C)(C)C)c(=O)on1C. The lowest BCUT2D eigenvalue weighted by Crippen LogP contribution is -2.42. The fraction of sp³-hybridized carbons (Fsp3) is 0.600. The first kappa shape index (κ1) is 11.6. The van der Waals surface area contributed by atoms with Crippen LogP contribution in [0.3, 0.4) is 0 Å². The average Bonchev–Trinajstić information content (AvgIpc) is 2.22. The molecule has 5 heteroatoms. The van der Waals surface area contributed by atoms with Gasteiger partial charge in [0.1, 0.15) is 5.56 Å². The molecule has 1 N–H and O–H groups in total. The van der Waals surface area contributed by atoms with Gasteiger partial charge in [-0.1, -0.05) is 0 Å². The highest BCUT2D eigenvalue weighted by Crippen LogP contribution is 2.06. The molecule has 1 rings (SSSR count). The molecule has 5 nitrogen and oxygen atoms in total. The fourth-order valence-electron chi connectivity index (χ4n) is 1.20. The van der Waals surface area contributed by atoms with E-state index in [1.807, 2.05) is 20.8 Å². The summed E-state index contributed by atoms with van der Waals surface area (Å²) >= 11 is 0. The van der Waals surface area contributed by atoms with Crippen LogP contribution in [0.15, 0.2) is 9.32 Å². The monoisotopic (exact) mass is 212 g/mol. The Hall–Kier alpha value is -1.52. The summed E-state index contributed by atoms with van der Waals surface area (Å²) < 4.78 is 6.07. The van der Waals surface area contributed by atoms with Gasteiger partial charge in [-0.15, -0.1) is 0 Å². The lowest BCUT2D eigenvalue weighted by atomic mass is 10.1. The molecule has 0 fully saturated rings. The van der Waals surface area contributed by atoms with E-state index in [1.165, 1.54) is 4.74 Å². The van der Waals surface area contributed by atoms with Gasteiger partial charge in [-0.2, -0.15) is 0 Å². The topological polar surface area (TPSA) is 64.2 Å². The highest BCUT2D eigenvalue weighted by molar-refractivity contribution is 5.95. The lowest BCUT2D eigenvalue weighted by molar-refractivity contribution is 0.0917. The first-order valence-electron chi connectivity index (χ1n) is 4.72. The van der Waals surface area contributed by atoms with Crippen LogP contribution in [0.4, 0.5) is 0 Å². The van der Waals surface area contributed by atoms with Crippen molar-refractivity contribution in [1.82, 2.24) is 10.1 Å². The predicted octanol–water partition coefficient (Wildman–Crippen LogP) is 0.815. The molecule has 0 saturated carbocycles. The molecule has 0 spiro atoms. The number of rotatable bonds is 1. The Labute approximate surface area is 88.0 Å². The molecule has 84 valence electrons. The van der Waals surface area contributed by atoms with E-state index in [2.05, 4.69) is 5.32 Å². The second-order valence-electron chi connectivity index (χ2n) is 4.54. The summed E-state index contributed by atoms with van der Waals surface area (Å²) in [6, 6.07) is 0. The molecule has 0 aromatic carbocycles. The smallest absolute Gasteiger partial charge is 0.347 e. The maximum atomic E-state index is 11.7. The minimum Gasteiger partial charge on any atom is -0.347 e. The van der Waals surface area contributed by atoms with Crippen LogP contribution in [0, 0.1) is 6.92 Å². The van der Waals surface area contributed by atoms with Crippen molar-refractivity contribution >= 4 is 5.91 Å². The number of amides is 1. The largest absolute Gasteiger partial charge is 0.370 e. The van der Waals surface area contributed by atoms with Gasteiger partial charge in [0.2, 0.25) is 0 Å². The summed E-state index contributed by atoms with van der Waals surface area (Å²) in [6.07, 6.45) is 0. The van der Waals surface area contributed by atoms with Crippen molar-refractivity contribution in [3.05, 3.63) is 21.7 Å². The molecule has 0 radical (unpaired) electrons. The van der Waals surface area contributed by atoms with E-state index >= 15 is 0 Å². The van der Waals surface area contributed by atoms with Crippen molar-refractivity contribution < 1.29 is 9.32 Å². The van der Waals surface area contributed by atoms with Crippen LogP contribution < -0.4 is 10.9 Å². The minimum absolute atomic E-state index is 0.0763. The van der Waals surface area contributed by atoms with E-state index in [1.54, 1.807) is 14.0 Å². The maximum absolute atomic E-state index is 11.7. The molecule has 15 heavy (non-hydrogen) atoms. The molecule has 0 aliphatic carbocycles. The average molecular weight is 212 g/mol. The van der Waals surface area contributed by atoms with E-state index < -0.39 is 11.5 Å². The van der Waals surface area contributed by atoms with Crippen molar-refractivity contribution in [3.8, 4) is 0 Å². The first-order chi connectivity index (χ1) is 6.72. The Balaban J connectivity index is 3.07. The van der Waals surface area contributed by atoms with Gasteiger partial charge in [-0.25, -0.2) is 9.53 Å². The predicted molar refractivity (Wildman–Crippen MR) is 55.9 cm³/mol. The van der Waals surface area contributed by atoms with Crippen molar-refractivity contribution in [2.24, 2.45) is 7.05 Å². The van der Waals surface area contributed by atoms with Gasteiger partial charge in [-0.05, 0) is 27.7 Å². The van der Waals surface area contributed by atoms with Crippen molar-refractivity contribution in [1.29, 1.82) is 0 Å². The van der Waals surface area contributed by atoms with Gasteiger partial charge in [0, 0.05) is 12.6 Å². The molecule has 0 atom stereocenters. The Morgan fingerprint density at radius 1 is 1.40 bits per heavy atom. The van der Waals surface area contributed by atoms with E-state index in [-0.39, 0.29) is 11.1 Å². The second kappa shape index (κ2) is 3.56. The van der Waals surface area contributed by atoms with Crippen LogP contribution in [0.25, 0.3) is 0 Å². The number of aryl methyl sites for hydroxylation is 1. The fourth-order valence-corrected chi connectivity index (χ4v) is 1.20. The Kier molecular flexibility index (Phi) is 2.75. The minimum atomic E-state index is -0.600. The van der Waals surface area contributed by atoms with E-state index in [9.17, 15) is 9.59 Å². The van der Waals surface area contributed by atoms with Crippen LogP contribution in [-0.2, 0) is 7.05 Å². The Bertz CT molecular complexity index is 435. The first-order valence-corrected chi connectivity index (χ1v) is 4.72.